The monoisotopic (exact) mass is 487 g/mol. The van der Waals surface area contributed by atoms with E-state index in [1.165, 1.54) is 54.1 Å². The molecule has 0 fully saturated rings. The van der Waals surface area contributed by atoms with Crippen LogP contribution in [0.5, 0.6) is 5.75 Å². The van der Waals surface area contributed by atoms with Crippen molar-refractivity contribution in [3.8, 4) is 5.75 Å². The van der Waals surface area contributed by atoms with E-state index in [4.69, 9.17) is 3.07 Å². The summed E-state index contributed by atoms with van der Waals surface area (Å²) in [5, 5.41) is 10.3. The zero-order valence-electron chi connectivity index (χ0n) is 15.9. The second-order valence-corrected chi connectivity index (χ2v) is 7.95. The molecule has 2 nitrogen and oxygen atoms in total. The van der Waals surface area contributed by atoms with Gasteiger partial charge < -0.3 is 7.63 Å². The van der Waals surface area contributed by atoms with Crippen LogP contribution in [0.15, 0.2) is 78.9 Å². The van der Waals surface area contributed by atoms with E-state index in [1.807, 2.05) is 23.0 Å². The molecule has 6 aromatic rings. The zero-order valence-corrected chi connectivity index (χ0v) is 18.1. The van der Waals surface area contributed by atoms with Crippen molar-refractivity contribution in [2.45, 2.75) is 13.5 Å². The van der Waals surface area contributed by atoms with E-state index in [1.54, 1.807) is 0 Å². The third kappa shape index (κ3) is 2.34. The molecular formula is C26H18INO. The number of halogens is 1. The van der Waals surface area contributed by atoms with Gasteiger partial charge in [0.2, 0.25) is 0 Å². The molecule has 0 aliphatic rings. The number of nitrogens with zero attached hydrogens (tertiary/aromatic N) is 1. The molecule has 0 amide bonds. The molecule has 3 heteroatoms. The van der Waals surface area contributed by atoms with Crippen molar-refractivity contribution in [2.24, 2.45) is 0 Å². The van der Waals surface area contributed by atoms with Crippen molar-refractivity contribution in [1.29, 1.82) is 0 Å². The summed E-state index contributed by atoms with van der Waals surface area (Å²) in [6.45, 7) is 3.18. The highest BCUT2D eigenvalue weighted by molar-refractivity contribution is 14.1. The van der Waals surface area contributed by atoms with E-state index < -0.39 is 0 Å². The van der Waals surface area contributed by atoms with E-state index >= 15 is 0 Å². The number of benzene rings is 5. The van der Waals surface area contributed by atoms with Crippen LogP contribution in [0.25, 0.3) is 54.1 Å². The summed E-state index contributed by atoms with van der Waals surface area (Å²) >= 11 is 1.95. The lowest BCUT2D eigenvalue weighted by atomic mass is 9.93. The van der Waals surface area contributed by atoms with Gasteiger partial charge >= 0.3 is 0 Å². The third-order valence-electron chi connectivity index (χ3n) is 6.11. The van der Waals surface area contributed by atoms with Gasteiger partial charge in [0.25, 0.3) is 0 Å². The molecule has 0 aliphatic heterocycles. The summed E-state index contributed by atoms with van der Waals surface area (Å²) in [5.41, 5.74) is 2.60. The third-order valence-corrected chi connectivity index (χ3v) is 6.61. The summed E-state index contributed by atoms with van der Waals surface area (Å²) in [5.74, 6) is 0.881. The molecule has 0 radical (unpaired) electrons. The Labute approximate surface area is 182 Å². The summed E-state index contributed by atoms with van der Waals surface area (Å²) in [6.07, 6.45) is 0. The lowest BCUT2D eigenvalue weighted by Gasteiger charge is -2.12. The Morgan fingerprint density at radius 1 is 0.621 bits per heavy atom. The van der Waals surface area contributed by atoms with Gasteiger partial charge in [-0.1, -0.05) is 48.5 Å². The smallest absolute Gasteiger partial charge is 0.192 e. The molecule has 0 unspecified atom stereocenters. The molecule has 0 saturated carbocycles. The molecular weight excluding hydrogens is 469 g/mol. The lowest BCUT2D eigenvalue weighted by molar-refractivity contribution is 0.719. The first-order valence-electron chi connectivity index (χ1n) is 9.88. The summed E-state index contributed by atoms with van der Waals surface area (Å²) in [4.78, 5) is 0. The van der Waals surface area contributed by atoms with Crippen molar-refractivity contribution in [3.63, 3.8) is 0 Å². The number of hydrogen-bond acceptors (Lipinski definition) is 1. The molecule has 1 heterocycles. The van der Waals surface area contributed by atoms with Crippen LogP contribution in [0.3, 0.4) is 0 Å². The maximum Gasteiger partial charge on any atom is 0.192 e. The van der Waals surface area contributed by atoms with Crippen LogP contribution in [0.4, 0.5) is 0 Å². The number of aryl methyl sites for hydroxylation is 1. The Morgan fingerprint density at radius 3 is 1.97 bits per heavy atom. The van der Waals surface area contributed by atoms with E-state index in [9.17, 15) is 0 Å². The first-order chi connectivity index (χ1) is 14.3. The summed E-state index contributed by atoms with van der Waals surface area (Å²) < 4.78 is 7.92. The van der Waals surface area contributed by atoms with Gasteiger partial charge in [0.1, 0.15) is 5.75 Å². The molecule has 1 aromatic heterocycles. The number of fused-ring (bicyclic) bond motifs is 9. The van der Waals surface area contributed by atoms with Crippen molar-refractivity contribution in [1.82, 2.24) is 4.57 Å². The molecule has 0 bridgehead atoms. The summed E-state index contributed by atoms with van der Waals surface area (Å²) in [7, 11) is 0. The Morgan fingerprint density at radius 2 is 1.24 bits per heavy atom. The Bertz CT molecular complexity index is 1580. The molecule has 0 aliphatic carbocycles. The number of aromatic nitrogens is 1. The van der Waals surface area contributed by atoms with Gasteiger partial charge in [-0.2, -0.15) is 0 Å². The van der Waals surface area contributed by atoms with E-state index in [0.717, 1.165) is 12.3 Å². The second kappa shape index (κ2) is 6.36. The van der Waals surface area contributed by atoms with Crippen molar-refractivity contribution < 1.29 is 3.07 Å². The normalized spacial score (nSPS) is 11.9. The highest BCUT2D eigenvalue weighted by Gasteiger charge is 2.15. The summed E-state index contributed by atoms with van der Waals surface area (Å²) in [6, 6.07) is 28.6. The standard InChI is InChI=1S/C26H18INO/c1-2-28-25-10-6-5-9-20(25)24-14-22-19-12-11-16(29-27)13-21(19)17-7-3-4-8-18(17)23(22)15-26(24)28/h3-15H,2H2,1H3. The van der Waals surface area contributed by atoms with E-state index in [-0.39, 0.29) is 0 Å². The Kier molecular flexibility index (Phi) is 3.75. The molecule has 0 atom stereocenters. The molecule has 140 valence electrons. The van der Waals surface area contributed by atoms with Crippen LogP contribution in [0.1, 0.15) is 6.92 Å². The fraction of sp³-hybridized carbons (Fsp3) is 0.0769. The van der Waals surface area contributed by atoms with Crippen LogP contribution in [0.2, 0.25) is 0 Å². The molecule has 0 saturated heterocycles. The first-order valence-corrected chi connectivity index (χ1v) is 10.8. The Balaban J connectivity index is 1.91. The largest absolute Gasteiger partial charge is 0.428 e. The molecule has 0 N–H and O–H groups in total. The quantitative estimate of drug-likeness (QED) is 0.178. The van der Waals surface area contributed by atoms with Crippen LogP contribution in [-0.2, 0) is 6.54 Å². The van der Waals surface area contributed by atoms with Crippen molar-refractivity contribution in [3.05, 3.63) is 78.9 Å². The minimum Gasteiger partial charge on any atom is -0.428 e. The highest BCUT2D eigenvalue weighted by atomic mass is 127. The van der Waals surface area contributed by atoms with Gasteiger partial charge in [-0.3, -0.25) is 0 Å². The zero-order chi connectivity index (χ0) is 19.5. The van der Waals surface area contributed by atoms with Crippen molar-refractivity contribution in [2.75, 3.05) is 0 Å². The van der Waals surface area contributed by atoms with Crippen molar-refractivity contribution >= 4 is 77.1 Å². The average Bonchev–Trinajstić information content (AvgIpc) is 3.10. The molecule has 29 heavy (non-hydrogen) atoms. The minimum atomic E-state index is 0.881. The van der Waals surface area contributed by atoms with Crippen LogP contribution < -0.4 is 3.07 Å². The number of para-hydroxylation sites is 1. The minimum absolute atomic E-state index is 0.881. The SMILES string of the molecule is CCn1c2ccccc2c2cc3c4ccc(OI)cc4c4ccccc4c3cc21. The maximum atomic E-state index is 5.50. The van der Waals surface area contributed by atoms with Gasteiger partial charge in [-0.15, -0.1) is 0 Å². The highest BCUT2D eigenvalue weighted by Crippen LogP contribution is 2.40. The van der Waals surface area contributed by atoms with Crippen LogP contribution >= 0.6 is 23.0 Å². The van der Waals surface area contributed by atoms with E-state index in [0.29, 0.717) is 0 Å². The fourth-order valence-electron chi connectivity index (χ4n) is 4.86. The second-order valence-electron chi connectivity index (χ2n) is 7.51. The average molecular weight is 487 g/mol. The number of rotatable bonds is 2. The van der Waals surface area contributed by atoms with Crippen LogP contribution in [0, 0.1) is 0 Å². The van der Waals surface area contributed by atoms with Gasteiger partial charge in [0, 0.05) is 28.4 Å². The first kappa shape index (κ1) is 17.1. The molecule has 0 spiro atoms. The lowest BCUT2D eigenvalue weighted by Crippen LogP contribution is -1.93. The molecule has 6 rings (SSSR count). The Hall–Kier alpha value is -2.79. The topological polar surface area (TPSA) is 14.2 Å². The van der Waals surface area contributed by atoms with Gasteiger partial charge in [0.05, 0.1) is 0 Å². The predicted molar refractivity (Wildman–Crippen MR) is 132 cm³/mol. The van der Waals surface area contributed by atoms with Gasteiger partial charge in [0.15, 0.2) is 23.0 Å². The van der Waals surface area contributed by atoms with Gasteiger partial charge in [-0.25, -0.2) is 0 Å². The van der Waals surface area contributed by atoms with E-state index in [2.05, 4.69) is 90.4 Å². The maximum absolute atomic E-state index is 5.50. The predicted octanol–water partition coefficient (Wildman–Crippen LogP) is 8.00. The van der Waals surface area contributed by atoms with Crippen LogP contribution in [-0.4, -0.2) is 4.57 Å². The fourth-order valence-corrected chi connectivity index (χ4v) is 5.14. The van der Waals surface area contributed by atoms with Gasteiger partial charge in [-0.05, 0) is 69.6 Å². The number of hydrogen-bond donors (Lipinski definition) is 0. The molecule has 5 aromatic carbocycles.